The van der Waals surface area contributed by atoms with Gasteiger partial charge >= 0.3 is 107 Å². The van der Waals surface area contributed by atoms with E-state index in [2.05, 4.69) is 12.1 Å². The van der Waals surface area contributed by atoms with Crippen LogP contribution in [0.1, 0.15) is 10.4 Å². The van der Waals surface area contributed by atoms with E-state index < -0.39 is 0 Å². The van der Waals surface area contributed by atoms with Crippen LogP contribution in [0.2, 0.25) is 0 Å². The molecule has 2 rings (SSSR count). The zero-order chi connectivity index (χ0) is 11.9. The molecule has 2 aromatic carbocycles. The van der Waals surface area contributed by atoms with Crippen LogP contribution in [-0.4, -0.2) is 26.7 Å². The molecular formula is C14H12O2Se. The van der Waals surface area contributed by atoms with Gasteiger partial charge in [-0.05, 0) is 0 Å². The van der Waals surface area contributed by atoms with Gasteiger partial charge in [0.1, 0.15) is 0 Å². The third-order valence-corrected chi connectivity index (χ3v) is 3.99. The molecule has 0 N–H and O–H groups in total. The molecule has 0 saturated carbocycles. The Labute approximate surface area is 107 Å². The van der Waals surface area contributed by atoms with Crippen LogP contribution in [-0.2, 0) is 0 Å². The molecule has 2 aromatic rings. The van der Waals surface area contributed by atoms with Crippen LogP contribution in [0.3, 0.4) is 0 Å². The molecule has 0 atom stereocenters. The third-order valence-electron chi connectivity index (χ3n) is 2.23. The van der Waals surface area contributed by atoms with Crippen LogP contribution in [0.25, 0.3) is 0 Å². The monoisotopic (exact) mass is 292 g/mol. The SMILES string of the molecule is O=Cc1ccccc1OC[Se]c1ccccc1. The standard InChI is InChI=1S/C14H12O2Se/c15-10-12-6-4-5-9-14(12)16-11-17-13-7-2-1-3-8-13/h1-10H,11H2. The zero-order valence-electron chi connectivity index (χ0n) is 9.21. The number of aldehydes is 1. The number of hydrogen-bond donors (Lipinski definition) is 0. The van der Waals surface area contributed by atoms with Crippen LogP contribution < -0.4 is 9.20 Å². The van der Waals surface area contributed by atoms with Gasteiger partial charge in [-0.2, -0.15) is 0 Å². The summed E-state index contributed by atoms with van der Waals surface area (Å²) in [6.45, 7) is 0. The van der Waals surface area contributed by atoms with Crippen molar-refractivity contribution < 1.29 is 9.53 Å². The average molecular weight is 291 g/mol. The molecule has 0 amide bonds. The minimum absolute atomic E-state index is 0.275. The molecule has 0 fully saturated rings. The van der Waals surface area contributed by atoms with E-state index >= 15 is 0 Å². The van der Waals surface area contributed by atoms with Crippen molar-refractivity contribution in [3.63, 3.8) is 0 Å². The van der Waals surface area contributed by atoms with Gasteiger partial charge in [0.25, 0.3) is 0 Å². The Morgan fingerprint density at radius 2 is 1.71 bits per heavy atom. The fourth-order valence-corrected chi connectivity index (χ4v) is 2.80. The summed E-state index contributed by atoms with van der Waals surface area (Å²) in [6, 6.07) is 17.5. The van der Waals surface area contributed by atoms with Gasteiger partial charge in [0.15, 0.2) is 0 Å². The van der Waals surface area contributed by atoms with Crippen molar-refractivity contribution in [3.8, 4) is 5.75 Å². The molecule has 0 bridgehead atoms. The Morgan fingerprint density at radius 1 is 1.00 bits per heavy atom. The van der Waals surface area contributed by atoms with Crippen molar-refractivity contribution in [2.45, 2.75) is 0 Å². The Hall–Kier alpha value is -1.57. The fourth-order valence-electron chi connectivity index (χ4n) is 1.39. The first-order chi connectivity index (χ1) is 8.40. The van der Waals surface area contributed by atoms with Crippen molar-refractivity contribution in [2.75, 3.05) is 5.51 Å². The van der Waals surface area contributed by atoms with Crippen molar-refractivity contribution >= 4 is 25.7 Å². The Balaban J connectivity index is 1.92. The van der Waals surface area contributed by atoms with E-state index in [-0.39, 0.29) is 15.0 Å². The molecular weight excluding hydrogens is 279 g/mol. The summed E-state index contributed by atoms with van der Waals surface area (Å²) >= 11 is 0.275. The third kappa shape index (κ3) is 3.45. The van der Waals surface area contributed by atoms with E-state index in [1.54, 1.807) is 6.07 Å². The van der Waals surface area contributed by atoms with E-state index in [1.165, 1.54) is 4.46 Å². The summed E-state index contributed by atoms with van der Waals surface area (Å²) in [7, 11) is 0. The molecule has 0 saturated heterocycles. The molecule has 0 aliphatic heterocycles. The second-order valence-electron chi connectivity index (χ2n) is 3.38. The van der Waals surface area contributed by atoms with Crippen molar-refractivity contribution in [2.24, 2.45) is 0 Å². The van der Waals surface area contributed by atoms with E-state index in [1.807, 2.05) is 36.4 Å². The van der Waals surface area contributed by atoms with Crippen LogP contribution in [0, 0.1) is 0 Å². The number of carbonyl (C=O) groups is 1. The molecule has 0 aromatic heterocycles. The Bertz CT molecular complexity index is 483. The Morgan fingerprint density at radius 3 is 2.47 bits per heavy atom. The van der Waals surface area contributed by atoms with Gasteiger partial charge in [-0.3, -0.25) is 0 Å². The van der Waals surface area contributed by atoms with Crippen LogP contribution >= 0.6 is 0 Å². The molecule has 0 radical (unpaired) electrons. The molecule has 2 nitrogen and oxygen atoms in total. The van der Waals surface area contributed by atoms with Gasteiger partial charge in [-0.15, -0.1) is 0 Å². The second-order valence-corrected chi connectivity index (χ2v) is 5.46. The Kier molecular flexibility index (Phi) is 4.37. The maximum atomic E-state index is 10.8. The molecule has 3 heteroatoms. The molecule has 0 unspecified atom stereocenters. The van der Waals surface area contributed by atoms with Crippen molar-refractivity contribution in [3.05, 3.63) is 60.2 Å². The second kappa shape index (κ2) is 6.24. The molecule has 0 aliphatic carbocycles. The van der Waals surface area contributed by atoms with Gasteiger partial charge in [0.05, 0.1) is 0 Å². The number of hydrogen-bond acceptors (Lipinski definition) is 2. The quantitative estimate of drug-likeness (QED) is 0.621. The van der Waals surface area contributed by atoms with Gasteiger partial charge < -0.3 is 0 Å². The molecule has 0 spiro atoms. The number of para-hydroxylation sites is 1. The summed E-state index contributed by atoms with van der Waals surface area (Å²) < 4.78 is 6.92. The predicted molar refractivity (Wildman–Crippen MR) is 69.2 cm³/mol. The van der Waals surface area contributed by atoms with Gasteiger partial charge in [0, 0.05) is 0 Å². The first-order valence-electron chi connectivity index (χ1n) is 5.25. The number of ether oxygens (including phenoxy) is 1. The molecule has 86 valence electrons. The summed E-state index contributed by atoms with van der Waals surface area (Å²) in [5, 5.41) is 0. The molecule has 0 aliphatic rings. The van der Waals surface area contributed by atoms with E-state index in [0.717, 1.165) is 6.29 Å². The summed E-state index contributed by atoms with van der Waals surface area (Å²) in [4.78, 5) is 10.8. The maximum absolute atomic E-state index is 10.8. The summed E-state index contributed by atoms with van der Waals surface area (Å²) in [5.41, 5.74) is 1.25. The van der Waals surface area contributed by atoms with Crippen LogP contribution in [0.5, 0.6) is 5.75 Å². The molecule has 17 heavy (non-hydrogen) atoms. The fraction of sp³-hybridized carbons (Fsp3) is 0.0714. The van der Waals surface area contributed by atoms with Crippen LogP contribution in [0.4, 0.5) is 0 Å². The van der Waals surface area contributed by atoms with Gasteiger partial charge in [-0.25, -0.2) is 0 Å². The van der Waals surface area contributed by atoms with Gasteiger partial charge in [-0.1, -0.05) is 0 Å². The summed E-state index contributed by atoms with van der Waals surface area (Å²) in [6.07, 6.45) is 0.824. The number of carbonyl (C=O) groups excluding carboxylic acids is 1. The van der Waals surface area contributed by atoms with Gasteiger partial charge in [0.2, 0.25) is 0 Å². The van der Waals surface area contributed by atoms with E-state index in [0.29, 0.717) is 16.8 Å². The van der Waals surface area contributed by atoms with Crippen LogP contribution in [0.15, 0.2) is 54.6 Å². The van der Waals surface area contributed by atoms with Crippen molar-refractivity contribution in [1.82, 2.24) is 0 Å². The topological polar surface area (TPSA) is 26.3 Å². The number of rotatable bonds is 5. The molecule has 0 heterocycles. The first-order valence-corrected chi connectivity index (χ1v) is 7.32. The average Bonchev–Trinajstić information content (AvgIpc) is 2.40. The first kappa shape index (κ1) is 11.9. The van der Waals surface area contributed by atoms with E-state index in [9.17, 15) is 4.79 Å². The van der Waals surface area contributed by atoms with Crippen molar-refractivity contribution in [1.29, 1.82) is 0 Å². The van der Waals surface area contributed by atoms with E-state index in [4.69, 9.17) is 4.74 Å². The zero-order valence-corrected chi connectivity index (χ0v) is 10.9. The minimum atomic E-state index is 0.275. The normalized spacial score (nSPS) is 9.88. The summed E-state index contributed by atoms with van der Waals surface area (Å²) in [5.74, 6) is 0.667. The predicted octanol–water partition coefficient (Wildman–Crippen LogP) is 1.87. The number of benzene rings is 2.